The zero-order valence-electron chi connectivity index (χ0n) is 14.4. The minimum atomic E-state index is -0.474. The quantitative estimate of drug-likeness (QED) is 0.763. The van der Waals surface area contributed by atoms with Crippen LogP contribution in [0.1, 0.15) is 31.5 Å². The van der Waals surface area contributed by atoms with Crippen LogP contribution in [-0.2, 0) is 17.8 Å². The van der Waals surface area contributed by atoms with Crippen molar-refractivity contribution in [2.45, 2.75) is 50.8 Å². The summed E-state index contributed by atoms with van der Waals surface area (Å²) < 4.78 is 2.13. The Labute approximate surface area is 156 Å². The van der Waals surface area contributed by atoms with E-state index in [1.54, 1.807) is 12.1 Å². The van der Waals surface area contributed by atoms with Crippen LogP contribution in [0, 0.1) is 0 Å². The van der Waals surface area contributed by atoms with Gasteiger partial charge in [0.1, 0.15) is 5.82 Å². The van der Waals surface area contributed by atoms with Gasteiger partial charge in [0.2, 0.25) is 5.91 Å². The Hall–Kier alpha value is -1.96. The first kappa shape index (κ1) is 17.5. The second-order valence-electron chi connectivity index (χ2n) is 6.94. The summed E-state index contributed by atoms with van der Waals surface area (Å²) in [7, 11) is 0. The van der Waals surface area contributed by atoms with Crippen molar-refractivity contribution in [2.24, 2.45) is 0 Å². The predicted octanol–water partition coefficient (Wildman–Crippen LogP) is 1.99. The molecule has 2 atom stereocenters. The summed E-state index contributed by atoms with van der Waals surface area (Å²) in [6.07, 6.45) is 4.29. The van der Waals surface area contributed by atoms with Gasteiger partial charge in [-0.1, -0.05) is 18.0 Å². The van der Waals surface area contributed by atoms with Crippen molar-refractivity contribution in [2.75, 3.05) is 11.9 Å². The average Bonchev–Trinajstić information content (AvgIpc) is 3.16. The Morgan fingerprint density at radius 2 is 2.19 bits per heavy atom. The first-order valence-electron chi connectivity index (χ1n) is 9.06. The molecule has 8 heteroatoms. The van der Waals surface area contributed by atoms with E-state index in [9.17, 15) is 9.90 Å². The lowest BCUT2D eigenvalue weighted by Gasteiger charge is -2.13. The second kappa shape index (κ2) is 7.34. The Kier molecular flexibility index (Phi) is 4.93. The van der Waals surface area contributed by atoms with E-state index in [0.29, 0.717) is 23.7 Å². The van der Waals surface area contributed by atoms with Crippen molar-refractivity contribution in [1.82, 2.24) is 20.1 Å². The first-order valence-corrected chi connectivity index (χ1v) is 9.44. The number of halogens is 1. The normalized spacial score (nSPS) is 22.7. The topological polar surface area (TPSA) is 92.1 Å². The van der Waals surface area contributed by atoms with Crippen molar-refractivity contribution >= 4 is 23.2 Å². The zero-order valence-corrected chi connectivity index (χ0v) is 15.2. The number of carbonyl (C=O) groups excluding carboxylic acids is 1. The molecule has 0 saturated carbocycles. The molecule has 138 valence electrons. The number of amides is 1. The van der Waals surface area contributed by atoms with Gasteiger partial charge in [0, 0.05) is 30.8 Å². The van der Waals surface area contributed by atoms with Gasteiger partial charge in [-0.3, -0.25) is 4.79 Å². The van der Waals surface area contributed by atoms with Gasteiger partial charge in [0.05, 0.1) is 17.2 Å². The summed E-state index contributed by atoms with van der Waals surface area (Å²) in [5.41, 5.74) is 1.42. The maximum atomic E-state index is 12.4. The molecular formula is C18H22ClN5O2. The molecule has 0 bridgehead atoms. The summed E-state index contributed by atoms with van der Waals surface area (Å²) in [4.78, 5) is 12.4. The third-order valence-corrected chi connectivity index (χ3v) is 5.34. The number of β-amino-alcohol motifs (C(OH)–C–C–N with tert-alkyl or cyclic N) is 1. The van der Waals surface area contributed by atoms with Crippen molar-refractivity contribution < 1.29 is 9.90 Å². The third-order valence-electron chi connectivity index (χ3n) is 5.01. The molecule has 1 saturated heterocycles. The van der Waals surface area contributed by atoms with Crippen LogP contribution in [0.25, 0.3) is 11.4 Å². The molecule has 0 aliphatic carbocycles. The molecule has 2 aliphatic heterocycles. The number of rotatable bonds is 3. The second-order valence-corrected chi connectivity index (χ2v) is 7.34. The van der Waals surface area contributed by atoms with Crippen LogP contribution in [0.3, 0.4) is 0 Å². The largest absolute Gasteiger partial charge is 0.392 e. The molecule has 1 fully saturated rings. The predicted molar refractivity (Wildman–Crippen MR) is 99.1 cm³/mol. The van der Waals surface area contributed by atoms with Crippen LogP contribution in [0.5, 0.6) is 0 Å². The van der Waals surface area contributed by atoms with Crippen LogP contribution in [0.2, 0.25) is 5.02 Å². The maximum absolute atomic E-state index is 12.4. The number of aliphatic hydroxyl groups is 1. The number of carbonyl (C=O) groups is 1. The number of aromatic nitrogens is 3. The smallest absolute Gasteiger partial charge is 0.241 e. The summed E-state index contributed by atoms with van der Waals surface area (Å²) in [5.74, 6) is 1.58. The van der Waals surface area contributed by atoms with E-state index in [1.807, 2.05) is 6.07 Å². The molecular weight excluding hydrogens is 354 g/mol. The number of nitrogens with zero attached hydrogens (tertiary/aromatic N) is 3. The van der Waals surface area contributed by atoms with E-state index in [1.165, 1.54) is 6.42 Å². The highest BCUT2D eigenvalue weighted by Crippen LogP contribution is 2.31. The number of nitrogens with one attached hydrogen (secondary N) is 2. The van der Waals surface area contributed by atoms with Gasteiger partial charge >= 0.3 is 0 Å². The van der Waals surface area contributed by atoms with Crippen LogP contribution in [0.4, 0.5) is 5.69 Å². The Bertz CT molecular complexity index is 822. The molecule has 0 spiro atoms. The van der Waals surface area contributed by atoms with Crippen molar-refractivity contribution in [3.63, 3.8) is 0 Å². The fourth-order valence-electron chi connectivity index (χ4n) is 3.60. The molecule has 3 N–H and O–H groups in total. The highest BCUT2D eigenvalue weighted by molar-refractivity contribution is 6.33. The average molecular weight is 376 g/mol. The lowest BCUT2D eigenvalue weighted by Crippen LogP contribution is -2.35. The van der Waals surface area contributed by atoms with E-state index >= 15 is 0 Å². The Morgan fingerprint density at radius 1 is 1.31 bits per heavy atom. The summed E-state index contributed by atoms with van der Waals surface area (Å²) in [6, 6.07) is 5.00. The molecule has 4 rings (SSSR count). The van der Waals surface area contributed by atoms with Gasteiger partial charge < -0.3 is 20.3 Å². The fraction of sp³-hybridized carbons (Fsp3) is 0.500. The van der Waals surface area contributed by atoms with Gasteiger partial charge in [-0.2, -0.15) is 0 Å². The highest BCUT2D eigenvalue weighted by Gasteiger charge is 2.28. The van der Waals surface area contributed by atoms with E-state index in [-0.39, 0.29) is 11.9 Å². The number of anilines is 1. The van der Waals surface area contributed by atoms with Gasteiger partial charge in [-0.05, 0) is 37.5 Å². The lowest BCUT2D eigenvalue weighted by molar-refractivity contribution is -0.117. The maximum Gasteiger partial charge on any atom is 0.241 e. The first-order chi connectivity index (χ1) is 12.6. The van der Waals surface area contributed by atoms with Gasteiger partial charge in [0.15, 0.2) is 5.82 Å². The number of aryl methyl sites for hydroxylation is 1. The molecule has 1 aromatic carbocycles. The number of hydrogen-bond donors (Lipinski definition) is 3. The van der Waals surface area contributed by atoms with Crippen LogP contribution >= 0.6 is 11.6 Å². The van der Waals surface area contributed by atoms with Crippen LogP contribution in [0.15, 0.2) is 18.2 Å². The molecule has 1 aromatic heterocycles. The standard InChI is InChI=1S/C18H22ClN5O2/c19-14-6-5-11(21-18(26)15-9-12(25)10-20-15)8-13(14)17-23-22-16-4-2-1-3-7-24(16)17/h5-6,8,12,15,20,25H,1-4,7,9-10H2,(H,21,26). The molecule has 2 aromatic rings. The SMILES string of the molecule is O=C(Nc1ccc(Cl)c(-c2nnc3n2CCCCC3)c1)C1CC(O)CN1. The molecule has 2 aliphatic rings. The summed E-state index contributed by atoms with van der Waals surface area (Å²) in [5, 5.41) is 24.7. The number of aliphatic hydroxyl groups excluding tert-OH is 1. The number of fused-ring (bicyclic) bond motifs is 1. The van der Waals surface area contributed by atoms with Crippen molar-refractivity contribution in [3.05, 3.63) is 29.0 Å². The van der Waals surface area contributed by atoms with E-state index in [4.69, 9.17) is 11.6 Å². The van der Waals surface area contributed by atoms with Gasteiger partial charge in [-0.15, -0.1) is 10.2 Å². The van der Waals surface area contributed by atoms with Gasteiger partial charge in [0.25, 0.3) is 0 Å². The monoisotopic (exact) mass is 375 g/mol. The highest BCUT2D eigenvalue weighted by atomic mass is 35.5. The minimum Gasteiger partial charge on any atom is -0.392 e. The van der Waals surface area contributed by atoms with E-state index in [0.717, 1.165) is 43.0 Å². The van der Waals surface area contributed by atoms with Crippen LogP contribution in [-0.4, -0.2) is 44.5 Å². The summed E-state index contributed by atoms with van der Waals surface area (Å²) in [6.45, 7) is 1.32. The van der Waals surface area contributed by atoms with Gasteiger partial charge in [-0.25, -0.2) is 0 Å². The molecule has 26 heavy (non-hydrogen) atoms. The van der Waals surface area contributed by atoms with E-state index < -0.39 is 6.10 Å². The molecule has 0 radical (unpaired) electrons. The fourth-order valence-corrected chi connectivity index (χ4v) is 3.81. The van der Waals surface area contributed by atoms with Crippen molar-refractivity contribution in [3.8, 4) is 11.4 Å². The third kappa shape index (κ3) is 3.47. The van der Waals surface area contributed by atoms with Crippen LogP contribution < -0.4 is 10.6 Å². The zero-order chi connectivity index (χ0) is 18.1. The van der Waals surface area contributed by atoms with E-state index in [2.05, 4.69) is 25.4 Å². The minimum absolute atomic E-state index is 0.158. The Balaban J connectivity index is 1.59. The molecule has 2 unspecified atom stereocenters. The Morgan fingerprint density at radius 3 is 3.00 bits per heavy atom. The summed E-state index contributed by atoms with van der Waals surface area (Å²) >= 11 is 6.41. The molecule has 3 heterocycles. The molecule has 7 nitrogen and oxygen atoms in total. The number of hydrogen-bond acceptors (Lipinski definition) is 5. The van der Waals surface area contributed by atoms with Crippen molar-refractivity contribution in [1.29, 1.82) is 0 Å². The molecule has 1 amide bonds. The number of benzene rings is 1. The lowest BCUT2D eigenvalue weighted by atomic mass is 10.1.